The van der Waals surface area contributed by atoms with Crippen molar-refractivity contribution in [1.82, 2.24) is 4.57 Å². The normalized spacial score (nSPS) is 15.6. The molecule has 0 bridgehead atoms. The first-order chi connectivity index (χ1) is 10.0. The summed E-state index contributed by atoms with van der Waals surface area (Å²) in [7, 11) is 0. The number of aromatic hydroxyl groups is 1. The van der Waals surface area contributed by atoms with Gasteiger partial charge in [0.15, 0.2) is 5.75 Å². The van der Waals surface area contributed by atoms with Crippen molar-refractivity contribution in [3.63, 3.8) is 0 Å². The zero-order valence-corrected chi connectivity index (χ0v) is 11.3. The highest BCUT2D eigenvalue weighted by Gasteiger charge is 2.44. The predicted octanol–water partition coefficient (Wildman–Crippen LogP) is 1.98. The number of aromatic carboxylic acids is 1. The van der Waals surface area contributed by atoms with Crippen LogP contribution >= 0.6 is 0 Å². The third-order valence-electron chi connectivity index (χ3n) is 4.02. The molecule has 1 aliphatic rings. The van der Waals surface area contributed by atoms with Crippen LogP contribution in [0.1, 0.15) is 28.8 Å². The van der Waals surface area contributed by atoms with Crippen molar-refractivity contribution in [3.8, 4) is 5.75 Å². The van der Waals surface area contributed by atoms with Crippen LogP contribution in [-0.4, -0.2) is 20.7 Å². The molecule has 1 aromatic carbocycles. The lowest BCUT2D eigenvalue weighted by molar-refractivity contribution is 0.0693. The molecule has 1 aromatic heterocycles. The Hall–Kier alpha value is -2.56. The lowest BCUT2D eigenvalue weighted by Crippen LogP contribution is -2.21. The number of nitrogens with zero attached hydrogens (tertiary/aromatic N) is 1. The summed E-state index contributed by atoms with van der Waals surface area (Å²) >= 11 is 0. The van der Waals surface area contributed by atoms with E-state index in [0.717, 1.165) is 12.8 Å². The Labute approximate surface area is 121 Å². The highest BCUT2D eigenvalue weighted by atomic mass is 16.4. The summed E-state index contributed by atoms with van der Waals surface area (Å²) in [5.41, 5.74) is -0.0827. The average molecular weight is 285 g/mol. The zero-order chi connectivity index (χ0) is 15.0. The summed E-state index contributed by atoms with van der Waals surface area (Å²) < 4.78 is 1.60. The van der Waals surface area contributed by atoms with Gasteiger partial charge in [-0.05, 0) is 18.4 Å². The molecule has 1 saturated carbocycles. The molecule has 0 spiro atoms. The predicted molar refractivity (Wildman–Crippen MR) is 76.7 cm³/mol. The maximum atomic E-state index is 11.6. The van der Waals surface area contributed by atoms with Crippen LogP contribution in [0.2, 0.25) is 0 Å². The first-order valence-electron chi connectivity index (χ1n) is 6.74. The minimum absolute atomic E-state index is 0.0292. The molecule has 21 heavy (non-hydrogen) atoms. The van der Waals surface area contributed by atoms with Gasteiger partial charge in [-0.1, -0.05) is 30.3 Å². The molecule has 2 aromatic rings. The molecule has 2 N–H and O–H groups in total. The second kappa shape index (κ2) is 4.77. The molecule has 0 unspecified atom stereocenters. The molecule has 3 rings (SSSR count). The van der Waals surface area contributed by atoms with E-state index in [9.17, 15) is 14.7 Å². The molecule has 1 aliphatic carbocycles. The van der Waals surface area contributed by atoms with Crippen molar-refractivity contribution in [3.05, 3.63) is 64.1 Å². The fourth-order valence-electron chi connectivity index (χ4n) is 2.69. The van der Waals surface area contributed by atoms with E-state index < -0.39 is 22.7 Å². The van der Waals surface area contributed by atoms with Crippen molar-refractivity contribution in [2.45, 2.75) is 24.8 Å². The lowest BCUT2D eigenvalue weighted by atomic mass is 9.96. The van der Waals surface area contributed by atoms with E-state index in [-0.39, 0.29) is 5.41 Å². The maximum Gasteiger partial charge on any atom is 0.341 e. The monoisotopic (exact) mass is 285 g/mol. The topological polar surface area (TPSA) is 79.5 Å². The van der Waals surface area contributed by atoms with Crippen LogP contribution in [0.3, 0.4) is 0 Å². The van der Waals surface area contributed by atoms with Gasteiger partial charge in [0.1, 0.15) is 5.56 Å². The number of pyridine rings is 1. The first-order valence-corrected chi connectivity index (χ1v) is 6.74. The van der Waals surface area contributed by atoms with Gasteiger partial charge in [0, 0.05) is 24.4 Å². The van der Waals surface area contributed by atoms with E-state index in [4.69, 9.17) is 5.11 Å². The standard InChI is InChI=1S/C16H15NO4/c18-13-9-17(8-12(14(13)19)15(20)21)10-16(6-7-16)11-4-2-1-3-5-11/h1-5,8-9,18H,6-7,10H2,(H,20,21). The molecule has 0 radical (unpaired) electrons. The van der Waals surface area contributed by atoms with Crippen LogP contribution in [0.15, 0.2) is 47.5 Å². The van der Waals surface area contributed by atoms with Crippen molar-refractivity contribution in [1.29, 1.82) is 0 Å². The quantitative estimate of drug-likeness (QED) is 0.900. The molecular weight excluding hydrogens is 270 g/mol. The number of carboxylic acids is 1. The Balaban J connectivity index is 1.96. The van der Waals surface area contributed by atoms with Crippen LogP contribution < -0.4 is 5.43 Å². The van der Waals surface area contributed by atoms with E-state index in [1.807, 2.05) is 30.3 Å². The van der Waals surface area contributed by atoms with Crippen molar-refractivity contribution >= 4 is 5.97 Å². The summed E-state index contributed by atoms with van der Waals surface area (Å²) in [5.74, 6) is -1.85. The highest BCUT2D eigenvalue weighted by Crippen LogP contribution is 2.49. The Morgan fingerprint density at radius 1 is 1.19 bits per heavy atom. The number of benzene rings is 1. The largest absolute Gasteiger partial charge is 0.503 e. The third kappa shape index (κ3) is 2.42. The lowest BCUT2D eigenvalue weighted by Gasteiger charge is -2.18. The average Bonchev–Trinajstić information content (AvgIpc) is 3.24. The van der Waals surface area contributed by atoms with Crippen molar-refractivity contribution in [2.75, 3.05) is 0 Å². The molecule has 0 saturated heterocycles. The second-order valence-corrected chi connectivity index (χ2v) is 5.51. The van der Waals surface area contributed by atoms with Gasteiger partial charge in [-0.15, -0.1) is 0 Å². The molecule has 0 amide bonds. The number of aromatic nitrogens is 1. The Morgan fingerprint density at radius 2 is 1.86 bits per heavy atom. The Kier molecular flexibility index (Phi) is 3.05. The fraction of sp³-hybridized carbons (Fsp3) is 0.250. The molecule has 0 atom stereocenters. The van der Waals surface area contributed by atoms with Gasteiger partial charge in [0.05, 0.1) is 0 Å². The van der Waals surface area contributed by atoms with Crippen LogP contribution in [0.25, 0.3) is 0 Å². The van der Waals surface area contributed by atoms with E-state index in [1.54, 1.807) is 4.57 Å². The van der Waals surface area contributed by atoms with Crippen LogP contribution in [0.5, 0.6) is 5.75 Å². The summed E-state index contributed by atoms with van der Waals surface area (Å²) in [6, 6.07) is 10.00. The number of hydrogen-bond donors (Lipinski definition) is 2. The fourth-order valence-corrected chi connectivity index (χ4v) is 2.69. The number of carbonyl (C=O) groups is 1. The smallest absolute Gasteiger partial charge is 0.341 e. The molecule has 0 aliphatic heterocycles. The van der Waals surface area contributed by atoms with Gasteiger partial charge in [-0.3, -0.25) is 4.79 Å². The minimum atomic E-state index is -1.32. The molecular formula is C16H15NO4. The Bertz CT molecular complexity index is 745. The van der Waals surface area contributed by atoms with Gasteiger partial charge >= 0.3 is 5.97 Å². The van der Waals surface area contributed by atoms with Gasteiger partial charge in [-0.2, -0.15) is 0 Å². The maximum absolute atomic E-state index is 11.6. The molecule has 5 nitrogen and oxygen atoms in total. The van der Waals surface area contributed by atoms with Gasteiger partial charge in [0.2, 0.25) is 5.43 Å². The Morgan fingerprint density at radius 3 is 2.43 bits per heavy atom. The van der Waals surface area contributed by atoms with Crippen molar-refractivity contribution in [2.24, 2.45) is 0 Å². The molecule has 1 heterocycles. The highest BCUT2D eigenvalue weighted by molar-refractivity contribution is 5.87. The summed E-state index contributed by atoms with van der Waals surface area (Å²) in [5, 5.41) is 18.6. The van der Waals surface area contributed by atoms with E-state index >= 15 is 0 Å². The minimum Gasteiger partial charge on any atom is -0.503 e. The van der Waals surface area contributed by atoms with E-state index in [2.05, 4.69) is 0 Å². The molecule has 5 heteroatoms. The summed E-state index contributed by atoms with van der Waals surface area (Å²) in [4.78, 5) is 22.6. The number of hydrogen-bond acceptors (Lipinski definition) is 3. The van der Waals surface area contributed by atoms with Gasteiger partial charge in [-0.25, -0.2) is 4.79 Å². The first kappa shape index (κ1) is 13.4. The molecule has 108 valence electrons. The third-order valence-corrected chi connectivity index (χ3v) is 4.02. The van der Waals surface area contributed by atoms with Gasteiger partial charge in [0.25, 0.3) is 0 Å². The second-order valence-electron chi connectivity index (χ2n) is 5.51. The summed E-state index contributed by atoms with van der Waals surface area (Å²) in [6.45, 7) is 0.547. The van der Waals surface area contributed by atoms with E-state index in [0.29, 0.717) is 6.54 Å². The SMILES string of the molecule is O=C(O)c1cn(CC2(c3ccccc3)CC2)cc(O)c1=O. The van der Waals surface area contributed by atoms with Crippen LogP contribution in [0.4, 0.5) is 0 Å². The molecule has 1 fully saturated rings. The van der Waals surface area contributed by atoms with E-state index in [1.165, 1.54) is 18.0 Å². The van der Waals surface area contributed by atoms with Crippen LogP contribution in [-0.2, 0) is 12.0 Å². The van der Waals surface area contributed by atoms with Crippen LogP contribution in [0, 0.1) is 0 Å². The summed E-state index contributed by atoms with van der Waals surface area (Å²) in [6.07, 6.45) is 4.61. The van der Waals surface area contributed by atoms with Gasteiger partial charge < -0.3 is 14.8 Å². The zero-order valence-electron chi connectivity index (χ0n) is 11.3. The van der Waals surface area contributed by atoms with Crippen molar-refractivity contribution < 1.29 is 15.0 Å². The number of carboxylic acid groups (broad SMARTS) is 1. The number of rotatable bonds is 4.